The predicted octanol–water partition coefficient (Wildman–Crippen LogP) is 0.576. The van der Waals surface area contributed by atoms with Crippen molar-refractivity contribution in [3.05, 3.63) is 4.91 Å². The Morgan fingerprint density at radius 3 is 2.64 bits per heavy atom. The maximum atomic E-state index is 12.4. The van der Waals surface area contributed by atoms with Crippen molar-refractivity contribution in [2.24, 2.45) is 5.29 Å². The van der Waals surface area contributed by atoms with Gasteiger partial charge in [-0.25, -0.2) is 13.8 Å². The van der Waals surface area contributed by atoms with Crippen LogP contribution >= 0.6 is 0 Å². The molecule has 1 aliphatic heterocycles. The Labute approximate surface area is 61.1 Å². The second kappa shape index (κ2) is 2.52. The van der Waals surface area contributed by atoms with Gasteiger partial charge in [0.25, 0.3) is 5.92 Å². The molecule has 0 bridgehead atoms. The first-order valence-electron chi connectivity index (χ1n) is 3.02. The zero-order chi connectivity index (χ0) is 8.48. The molecule has 0 spiro atoms. The average Bonchev–Trinajstić information content (AvgIpc) is 2.25. The highest BCUT2D eigenvalue weighted by Crippen LogP contribution is 2.30. The van der Waals surface area contributed by atoms with Gasteiger partial charge in [-0.3, -0.25) is 0 Å². The summed E-state index contributed by atoms with van der Waals surface area (Å²) in [5.74, 6) is -2.96. The number of rotatable bonds is 2. The molecular weight excluding hydrogens is 158 g/mol. The number of aldehydes is 1. The third-order valence-corrected chi connectivity index (χ3v) is 1.55. The standard InChI is InChI=1S/C5H6F2N2O2/c6-5(7)1-4(2-10)9(3-5)8-11/h2,4H,1,3H2/t4-/m0/s1. The molecule has 0 N–H and O–H groups in total. The van der Waals surface area contributed by atoms with Crippen LogP contribution < -0.4 is 0 Å². The van der Waals surface area contributed by atoms with E-state index in [9.17, 15) is 18.5 Å². The van der Waals surface area contributed by atoms with Crippen LogP contribution in [0, 0.1) is 4.91 Å². The molecule has 0 aliphatic carbocycles. The summed E-state index contributed by atoms with van der Waals surface area (Å²) in [5.41, 5.74) is 0. The lowest BCUT2D eigenvalue weighted by atomic mass is 10.2. The lowest BCUT2D eigenvalue weighted by molar-refractivity contribution is -0.111. The lowest BCUT2D eigenvalue weighted by Gasteiger charge is -2.08. The highest BCUT2D eigenvalue weighted by molar-refractivity contribution is 5.58. The fourth-order valence-electron chi connectivity index (χ4n) is 1.04. The van der Waals surface area contributed by atoms with Gasteiger partial charge in [0.1, 0.15) is 18.9 Å². The monoisotopic (exact) mass is 164 g/mol. The third-order valence-electron chi connectivity index (χ3n) is 1.55. The van der Waals surface area contributed by atoms with Crippen molar-refractivity contribution in [1.82, 2.24) is 5.01 Å². The Kier molecular flexibility index (Phi) is 1.84. The minimum Gasteiger partial charge on any atom is -0.301 e. The molecule has 0 unspecified atom stereocenters. The van der Waals surface area contributed by atoms with Crippen LogP contribution in [-0.2, 0) is 4.79 Å². The largest absolute Gasteiger partial charge is 0.301 e. The number of carbonyl (C=O) groups excluding carboxylic acids is 1. The van der Waals surface area contributed by atoms with E-state index in [2.05, 4.69) is 5.29 Å². The van der Waals surface area contributed by atoms with Crippen LogP contribution in [0.25, 0.3) is 0 Å². The van der Waals surface area contributed by atoms with E-state index in [-0.39, 0.29) is 0 Å². The molecule has 11 heavy (non-hydrogen) atoms. The molecule has 1 atom stereocenters. The number of alkyl halides is 2. The quantitative estimate of drug-likeness (QED) is 0.443. The van der Waals surface area contributed by atoms with E-state index in [0.717, 1.165) is 0 Å². The summed E-state index contributed by atoms with van der Waals surface area (Å²) < 4.78 is 24.8. The molecule has 0 aromatic heterocycles. The molecule has 0 saturated carbocycles. The predicted molar refractivity (Wildman–Crippen MR) is 31.9 cm³/mol. The minimum absolute atomic E-state index is 0.308. The normalized spacial score (nSPS) is 28.5. The van der Waals surface area contributed by atoms with Crippen LogP contribution in [0.4, 0.5) is 8.78 Å². The molecule has 6 heteroatoms. The molecule has 4 nitrogen and oxygen atoms in total. The van der Waals surface area contributed by atoms with Crippen molar-refractivity contribution in [1.29, 1.82) is 0 Å². The number of nitroso groups, excluding NO2 is 1. The van der Waals surface area contributed by atoms with Gasteiger partial charge in [-0.1, -0.05) is 0 Å². The van der Waals surface area contributed by atoms with Crippen LogP contribution in [0.2, 0.25) is 0 Å². The molecule has 0 radical (unpaired) electrons. The maximum Gasteiger partial charge on any atom is 0.269 e. The zero-order valence-electron chi connectivity index (χ0n) is 5.54. The first kappa shape index (κ1) is 8.03. The summed E-state index contributed by atoms with van der Waals surface area (Å²) in [6.07, 6.45) is -0.301. The van der Waals surface area contributed by atoms with Crippen molar-refractivity contribution in [2.45, 2.75) is 18.4 Å². The maximum absolute atomic E-state index is 12.4. The summed E-state index contributed by atoms with van der Waals surface area (Å²) in [6, 6.07) is -1.05. The first-order valence-corrected chi connectivity index (χ1v) is 3.02. The smallest absolute Gasteiger partial charge is 0.269 e. The van der Waals surface area contributed by atoms with Gasteiger partial charge < -0.3 is 4.79 Å². The lowest BCUT2D eigenvalue weighted by Crippen LogP contribution is -2.25. The van der Waals surface area contributed by atoms with E-state index in [1.54, 1.807) is 0 Å². The van der Waals surface area contributed by atoms with Gasteiger partial charge in [-0.15, -0.1) is 4.91 Å². The average molecular weight is 164 g/mol. The van der Waals surface area contributed by atoms with E-state index >= 15 is 0 Å². The molecule has 1 fully saturated rings. The van der Waals surface area contributed by atoms with Gasteiger partial charge in [0.2, 0.25) is 0 Å². The van der Waals surface area contributed by atoms with Crippen LogP contribution in [0.5, 0.6) is 0 Å². The number of carbonyl (C=O) groups is 1. The van der Waals surface area contributed by atoms with Gasteiger partial charge in [0.05, 0.1) is 5.29 Å². The molecule has 1 rings (SSSR count). The second-order valence-electron chi connectivity index (χ2n) is 2.44. The van der Waals surface area contributed by atoms with Crippen molar-refractivity contribution < 1.29 is 13.6 Å². The summed E-state index contributed by atoms with van der Waals surface area (Å²) in [7, 11) is 0. The summed E-state index contributed by atoms with van der Waals surface area (Å²) in [5, 5.41) is 2.87. The van der Waals surface area contributed by atoms with Crippen LogP contribution in [0.1, 0.15) is 6.42 Å². The van der Waals surface area contributed by atoms with Gasteiger partial charge in [0, 0.05) is 6.42 Å². The number of nitrogens with zero attached hydrogens (tertiary/aromatic N) is 2. The van der Waals surface area contributed by atoms with E-state index in [0.29, 0.717) is 11.3 Å². The molecule has 1 saturated heterocycles. The van der Waals surface area contributed by atoms with Crippen molar-refractivity contribution in [2.75, 3.05) is 6.54 Å². The van der Waals surface area contributed by atoms with Gasteiger partial charge >= 0.3 is 0 Å². The van der Waals surface area contributed by atoms with Gasteiger partial charge in [0.15, 0.2) is 0 Å². The fraction of sp³-hybridized carbons (Fsp3) is 0.800. The number of hydrogen-bond donors (Lipinski definition) is 0. The third kappa shape index (κ3) is 1.50. The van der Waals surface area contributed by atoms with Crippen LogP contribution in [-0.4, -0.2) is 29.8 Å². The Hall–Kier alpha value is -1.07. The summed E-state index contributed by atoms with van der Waals surface area (Å²) >= 11 is 0. The van der Waals surface area contributed by atoms with E-state index < -0.39 is 24.9 Å². The Morgan fingerprint density at radius 2 is 2.27 bits per heavy atom. The fourth-order valence-corrected chi connectivity index (χ4v) is 1.04. The summed E-state index contributed by atoms with van der Waals surface area (Å²) in [4.78, 5) is 19.9. The molecule has 1 aliphatic rings. The highest BCUT2D eigenvalue weighted by atomic mass is 19.3. The van der Waals surface area contributed by atoms with E-state index in [1.807, 2.05) is 0 Å². The first-order chi connectivity index (χ1) is 5.09. The Balaban J connectivity index is 2.69. The van der Waals surface area contributed by atoms with Gasteiger partial charge in [-0.2, -0.15) is 0 Å². The van der Waals surface area contributed by atoms with Crippen molar-refractivity contribution in [3.63, 3.8) is 0 Å². The molecule has 0 amide bonds. The summed E-state index contributed by atoms with van der Waals surface area (Å²) in [6.45, 7) is -0.750. The highest BCUT2D eigenvalue weighted by Gasteiger charge is 2.45. The Morgan fingerprint density at radius 1 is 1.64 bits per heavy atom. The molecule has 0 aromatic carbocycles. The topological polar surface area (TPSA) is 49.7 Å². The SMILES string of the molecule is O=C[C@@H]1CC(F)(F)CN1N=O. The number of hydrogen-bond acceptors (Lipinski definition) is 3. The van der Waals surface area contributed by atoms with E-state index in [4.69, 9.17) is 0 Å². The van der Waals surface area contributed by atoms with Crippen molar-refractivity contribution in [3.8, 4) is 0 Å². The van der Waals surface area contributed by atoms with Gasteiger partial charge in [-0.05, 0) is 0 Å². The van der Waals surface area contributed by atoms with Crippen LogP contribution in [0.15, 0.2) is 5.29 Å². The van der Waals surface area contributed by atoms with Crippen LogP contribution in [0.3, 0.4) is 0 Å². The minimum atomic E-state index is -2.96. The Bertz CT molecular complexity index is 167. The molecule has 62 valence electrons. The second-order valence-corrected chi connectivity index (χ2v) is 2.44. The molecule has 1 heterocycles. The van der Waals surface area contributed by atoms with Crippen molar-refractivity contribution >= 4 is 6.29 Å². The molecular formula is C5H6F2N2O2. The molecule has 0 aromatic rings. The zero-order valence-corrected chi connectivity index (χ0v) is 5.54. The number of halogens is 2. The van der Waals surface area contributed by atoms with E-state index in [1.165, 1.54) is 0 Å².